The number of hydrogen-bond acceptors (Lipinski definition) is 5. The Bertz CT molecular complexity index is 532. The van der Waals surface area contributed by atoms with Crippen LogP contribution in [0.3, 0.4) is 0 Å². The number of aromatic nitrogens is 2. The first-order valence-corrected chi connectivity index (χ1v) is 8.56. The van der Waals surface area contributed by atoms with Gasteiger partial charge in [0.1, 0.15) is 16.8 Å². The van der Waals surface area contributed by atoms with Crippen molar-refractivity contribution in [2.24, 2.45) is 0 Å². The first-order chi connectivity index (χ1) is 8.89. The van der Waals surface area contributed by atoms with Crippen molar-refractivity contribution in [1.82, 2.24) is 9.97 Å². The summed E-state index contributed by atoms with van der Waals surface area (Å²) < 4.78 is 22.8. The molecule has 1 aromatic heterocycles. The fraction of sp³-hybridized carbons (Fsp3) is 0.667. The average Bonchev–Trinajstić information content (AvgIpc) is 2.35. The van der Waals surface area contributed by atoms with Gasteiger partial charge in [-0.15, -0.1) is 0 Å². The van der Waals surface area contributed by atoms with Gasteiger partial charge in [0, 0.05) is 24.3 Å². The summed E-state index contributed by atoms with van der Waals surface area (Å²) in [5, 5.41) is 3.44. The van der Waals surface area contributed by atoms with Crippen LogP contribution in [0.2, 0.25) is 5.15 Å². The van der Waals surface area contributed by atoms with Crippen LogP contribution in [0, 0.1) is 6.92 Å². The van der Waals surface area contributed by atoms with Crippen LogP contribution in [0.15, 0.2) is 0 Å². The minimum Gasteiger partial charge on any atom is -0.369 e. The molecule has 0 saturated carbocycles. The van der Waals surface area contributed by atoms with Crippen molar-refractivity contribution in [2.45, 2.75) is 33.6 Å². The van der Waals surface area contributed by atoms with Gasteiger partial charge in [-0.05, 0) is 13.3 Å². The fourth-order valence-corrected chi connectivity index (χ4v) is 2.40. The zero-order valence-electron chi connectivity index (χ0n) is 11.5. The monoisotopic (exact) mass is 305 g/mol. The highest BCUT2D eigenvalue weighted by Crippen LogP contribution is 2.20. The molecule has 108 valence electrons. The third kappa shape index (κ3) is 4.95. The van der Waals surface area contributed by atoms with Crippen molar-refractivity contribution < 1.29 is 8.42 Å². The number of nitrogens with zero attached hydrogens (tertiary/aromatic N) is 2. The van der Waals surface area contributed by atoms with Gasteiger partial charge in [0.05, 0.1) is 5.75 Å². The Kier molecular flexibility index (Phi) is 6.00. The molecule has 5 nitrogen and oxygen atoms in total. The zero-order chi connectivity index (χ0) is 14.5. The number of halogens is 1. The van der Waals surface area contributed by atoms with Crippen molar-refractivity contribution in [2.75, 3.05) is 23.4 Å². The summed E-state index contributed by atoms with van der Waals surface area (Å²) >= 11 is 6.04. The molecule has 0 amide bonds. The van der Waals surface area contributed by atoms with E-state index >= 15 is 0 Å². The average molecular weight is 306 g/mol. The fourth-order valence-electron chi connectivity index (χ4n) is 1.51. The number of nitrogens with one attached hydrogen (secondary N) is 1. The van der Waals surface area contributed by atoms with Gasteiger partial charge in [0.2, 0.25) is 0 Å². The second-order valence-electron chi connectivity index (χ2n) is 4.32. The summed E-state index contributed by atoms with van der Waals surface area (Å²) in [6.07, 6.45) is 1.69. The molecule has 0 radical (unpaired) electrons. The molecule has 0 bridgehead atoms. The molecule has 1 heterocycles. The quantitative estimate of drug-likeness (QED) is 0.782. The lowest BCUT2D eigenvalue weighted by atomic mass is 10.3. The van der Waals surface area contributed by atoms with Crippen molar-refractivity contribution in [3.8, 4) is 0 Å². The van der Waals surface area contributed by atoms with E-state index in [9.17, 15) is 8.42 Å². The summed E-state index contributed by atoms with van der Waals surface area (Å²) in [6, 6.07) is 0. The number of hydrogen-bond donors (Lipinski definition) is 1. The van der Waals surface area contributed by atoms with E-state index in [4.69, 9.17) is 11.6 Å². The lowest BCUT2D eigenvalue weighted by Crippen LogP contribution is -2.18. The number of rotatable bonds is 7. The molecule has 0 unspecified atom stereocenters. The highest BCUT2D eigenvalue weighted by molar-refractivity contribution is 7.91. The molecule has 0 aromatic carbocycles. The SMILES string of the molecule is CCCc1nc(Cl)c(C)c(NCCS(=O)(=O)CC)n1. The van der Waals surface area contributed by atoms with Gasteiger partial charge in [0.15, 0.2) is 9.84 Å². The molecule has 0 aliphatic heterocycles. The van der Waals surface area contributed by atoms with Crippen molar-refractivity contribution in [3.63, 3.8) is 0 Å². The van der Waals surface area contributed by atoms with E-state index in [0.717, 1.165) is 18.4 Å². The molecule has 1 rings (SSSR count). The number of aryl methyl sites for hydroxylation is 1. The van der Waals surface area contributed by atoms with Gasteiger partial charge < -0.3 is 5.32 Å². The molecule has 7 heteroatoms. The van der Waals surface area contributed by atoms with Crippen LogP contribution in [0.25, 0.3) is 0 Å². The van der Waals surface area contributed by atoms with E-state index in [1.807, 2.05) is 13.8 Å². The van der Waals surface area contributed by atoms with Crippen LogP contribution in [-0.4, -0.2) is 36.4 Å². The van der Waals surface area contributed by atoms with Gasteiger partial charge in [-0.1, -0.05) is 25.4 Å². The Labute approximate surface area is 119 Å². The molecule has 0 aliphatic rings. The van der Waals surface area contributed by atoms with Crippen LogP contribution in [0.4, 0.5) is 5.82 Å². The Morgan fingerprint density at radius 3 is 2.53 bits per heavy atom. The van der Waals surface area contributed by atoms with Crippen LogP contribution >= 0.6 is 11.6 Å². The summed E-state index contributed by atoms with van der Waals surface area (Å²) in [7, 11) is -2.97. The molecular weight excluding hydrogens is 286 g/mol. The Balaban J connectivity index is 2.77. The highest BCUT2D eigenvalue weighted by Gasteiger charge is 2.11. The van der Waals surface area contributed by atoms with E-state index in [-0.39, 0.29) is 11.5 Å². The molecule has 0 spiro atoms. The van der Waals surface area contributed by atoms with Gasteiger partial charge in [-0.3, -0.25) is 0 Å². The van der Waals surface area contributed by atoms with E-state index < -0.39 is 9.84 Å². The van der Waals surface area contributed by atoms with Crippen molar-refractivity contribution >= 4 is 27.3 Å². The Hall–Kier alpha value is -0.880. The van der Waals surface area contributed by atoms with Crippen LogP contribution < -0.4 is 5.32 Å². The van der Waals surface area contributed by atoms with E-state index in [1.165, 1.54) is 0 Å². The summed E-state index contributed by atoms with van der Waals surface area (Å²) in [4.78, 5) is 8.56. The van der Waals surface area contributed by atoms with Gasteiger partial charge in [-0.2, -0.15) is 0 Å². The lowest BCUT2D eigenvalue weighted by Gasteiger charge is -2.11. The van der Waals surface area contributed by atoms with Gasteiger partial charge >= 0.3 is 0 Å². The van der Waals surface area contributed by atoms with Crippen LogP contribution in [-0.2, 0) is 16.3 Å². The molecule has 0 aliphatic carbocycles. The Morgan fingerprint density at radius 1 is 1.26 bits per heavy atom. The van der Waals surface area contributed by atoms with Crippen LogP contribution in [0.1, 0.15) is 31.7 Å². The maximum absolute atomic E-state index is 11.4. The molecule has 19 heavy (non-hydrogen) atoms. The van der Waals surface area contributed by atoms with E-state index in [1.54, 1.807) is 6.92 Å². The first-order valence-electron chi connectivity index (χ1n) is 6.37. The minimum atomic E-state index is -2.97. The molecule has 0 fully saturated rings. The van der Waals surface area contributed by atoms with E-state index in [2.05, 4.69) is 15.3 Å². The first kappa shape index (κ1) is 16.2. The lowest BCUT2D eigenvalue weighted by molar-refractivity contribution is 0.597. The molecule has 1 N–H and O–H groups in total. The summed E-state index contributed by atoms with van der Waals surface area (Å²) in [5.41, 5.74) is 0.746. The smallest absolute Gasteiger partial charge is 0.151 e. The van der Waals surface area contributed by atoms with E-state index in [0.29, 0.717) is 23.3 Å². The van der Waals surface area contributed by atoms with Crippen LogP contribution in [0.5, 0.6) is 0 Å². The third-order valence-corrected chi connectivity index (χ3v) is 4.83. The second-order valence-corrected chi connectivity index (χ2v) is 7.15. The maximum Gasteiger partial charge on any atom is 0.151 e. The van der Waals surface area contributed by atoms with Gasteiger partial charge in [-0.25, -0.2) is 18.4 Å². The Morgan fingerprint density at radius 2 is 1.95 bits per heavy atom. The maximum atomic E-state index is 11.4. The highest BCUT2D eigenvalue weighted by atomic mass is 35.5. The summed E-state index contributed by atoms with van der Waals surface area (Å²) in [6.45, 7) is 5.82. The van der Waals surface area contributed by atoms with Gasteiger partial charge in [0.25, 0.3) is 0 Å². The van der Waals surface area contributed by atoms with Crippen molar-refractivity contribution in [3.05, 3.63) is 16.5 Å². The van der Waals surface area contributed by atoms with Crippen molar-refractivity contribution in [1.29, 1.82) is 0 Å². The second kappa shape index (κ2) is 7.05. The predicted molar refractivity (Wildman–Crippen MR) is 78.6 cm³/mol. The predicted octanol–water partition coefficient (Wildman–Crippen LogP) is 2.24. The molecule has 0 saturated heterocycles. The number of sulfone groups is 1. The summed E-state index contributed by atoms with van der Waals surface area (Å²) in [5.74, 6) is 1.54. The number of anilines is 1. The minimum absolute atomic E-state index is 0.0909. The zero-order valence-corrected chi connectivity index (χ0v) is 13.1. The molecule has 0 atom stereocenters. The standard InChI is InChI=1S/C12H20ClN3O2S/c1-4-6-10-15-11(13)9(3)12(16-10)14-7-8-19(17,18)5-2/h4-8H2,1-3H3,(H,14,15,16). The third-order valence-electron chi connectivity index (χ3n) is 2.75. The topological polar surface area (TPSA) is 72.0 Å². The normalized spacial score (nSPS) is 11.6. The largest absolute Gasteiger partial charge is 0.369 e. The molecular formula is C12H20ClN3O2S. The molecule has 1 aromatic rings.